The van der Waals surface area contributed by atoms with Crippen LogP contribution in [0.15, 0.2) is 47.1 Å². The Balaban J connectivity index is 1.59. The molecule has 0 saturated carbocycles. The molecule has 0 spiro atoms. The van der Waals surface area contributed by atoms with Gasteiger partial charge in [0.05, 0.1) is 32.0 Å². The largest absolute Gasteiger partial charge is 0.494 e. The van der Waals surface area contributed by atoms with Crippen LogP contribution in [0, 0.1) is 0 Å². The molecule has 1 amide bonds. The number of amides is 1. The van der Waals surface area contributed by atoms with Crippen molar-refractivity contribution in [3.05, 3.63) is 48.4 Å². The maximum Gasteiger partial charge on any atom is 0.234 e. The predicted molar refractivity (Wildman–Crippen MR) is 91.2 cm³/mol. The van der Waals surface area contributed by atoms with Gasteiger partial charge < -0.3 is 19.2 Å². The van der Waals surface area contributed by atoms with Gasteiger partial charge in [-0.3, -0.25) is 10.1 Å². The average Bonchev–Trinajstić information content (AvgIpc) is 3.13. The van der Waals surface area contributed by atoms with E-state index in [0.29, 0.717) is 19.8 Å². The third kappa shape index (κ3) is 5.96. The average molecular weight is 332 g/mol. The Kier molecular flexibility index (Phi) is 7.17. The van der Waals surface area contributed by atoms with E-state index in [-0.39, 0.29) is 18.5 Å². The third-order valence-electron chi connectivity index (χ3n) is 3.37. The van der Waals surface area contributed by atoms with Crippen molar-refractivity contribution in [1.82, 2.24) is 10.6 Å². The first-order valence-corrected chi connectivity index (χ1v) is 8.08. The predicted octanol–water partition coefficient (Wildman–Crippen LogP) is 2.52. The first-order chi connectivity index (χ1) is 11.7. The highest BCUT2D eigenvalue weighted by molar-refractivity contribution is 5.78. The molecule has 2 aromatic rings. The Hall–Kier alpha value is -2.47. The molecule has 1 heterocycles. The fourth-order valence-electron chi connectivity index (χ4n) is 2.10. The second-order valence-corrected chi connectivity index (χ2v) is 5.22. The molecule has 1 aromatic heterocycles. The monoisotopic (exact) mass is 332 g/mol. The van der Waals surface area contributed by atoms with Gasteiger partial charge in [0.2, 0.25) is 5.91 Å². The summed E-state index contributed by atoms with van der Waals surface area (Å²) >= 11 is 0. The second-order valence-electron chi connectivity index (χ2n) is 5.22. The van der Waals surface area contributed by atoms with E-state index in [1.165, 1.54) is 0 Å². The molecule has 0 fully saturated rings. The van der Waals surface area contributed by atoms with Gasteiger partial charge in [-0.15, -0.1) is 0 Å². The molecule has 6 heteroatoms. The van der Waals surface area contributed by atoms with Crippen LogP contribution in [0.1, 0.15) is 25.6 Å². The van der Waals surface area contributed by atoms with Gasteiger partial charge in [-0.2, -0.15) is 0 Å². The molecule has 0 radical (unpaired) electrons. The molecule has 0 aliphatic rings. The summed E-state index contributed by atoms with van der Waals surface area (Å²) in [6.45, 7) is 5.61. The van der Waals surface area contributed by atoms with E-state index < -0.39 is 0 Å². The number of carbonyl (C=O) groups excluding carboxylic acids is 1. The number of nitrogens with one attached hydrogen (secondary N) is 2. The molecule has 1 aromatic carbocycles. The first-order valence-electron chi connectivity index (χ1n) is 8.08. The number of furan rings is 1. The molecule has 6 nitrogen and oxygen atoms in total. The third-order valence-corrected chi connectivity index (χ3v) is 3.37. The van der Waals surface area contributed by atoms with Crippen molar-refractivity contribution in [2.24, 2.45) is 0 Å². The van der Waals surface area contributed by atoms with Crippen LogP contribution >= 0.6 is 0 Å². The van der Waals surface area contributed by atoms with Crippen molar-refractivity contribution in [3.63, 3.8) is 0 Å². The van der Waals surface area contributed by atoms with Crippen LogP contribution in [-0.2, 0) is 4.79 Å². The molecule has 2 N–H and O–H groups in total. The van der Waals surface area contributed by atoms with Gasteiger partial charge in [0, 0.05) is 0 Å². The number of benzene rings is 1. The lowest BCUT2D eigenvalue weighted by atomic mass is 10.2. The fourth-order valence-corrected chi connectivity index (χ4v) is 2.10. The number of carbonyl (C=O) groups is 1. The fraction of sp³-hybridized carbons (Fsp3) is 0.389. The molecule has 0 aliphatic carbocycles. The molecule has 0 aliphatic heterocycles. The molecule has 0 saturated heterocycles. The zero-order chi connectivity index (χ0) is 17.2. The Labute approximate surface area is 142 Å². The number of hydrogen-bond acceptors (Lipinski definition) is 5. The summed E-state index contributed by atoms with van der Waals surface area (Å²) in [5, 5.41) is 5.90. The second kappa shape index (κ2) is 9.62. The topological polar surface area (TPSA) is 72.7 Å². The van der Waals surface area contributed by atoms with Crippen molar-refractivity contribution in [1.29, 1.82) is 0 Å². The molecule has 24 heavy (non-hydrogen) atoms. The smallest absolute Gasteiger partial charge is 0.234 e. The van der Waals surface area contributed by atoms with Gasteiger partial charge in [0.25, 0.3) is 0 Å². The summed E-state index contributed by atoms with van der Waals surface area (Å²) in [7, 11) is 0. The highest BCUT2D eigenvalue weighted by Gasteiger charge is 2.09. The van der Waals surface area contributed by atoms with Gasteiger partial charge in [-0.1, -0.05) is 0 Å². The quantitative estimate of drug-likeness (QED) is 0.654. The Morgan fingerprint density at radius 2 is 1.88 bits per heavy atom. The molecule has 0 bridgehead atoms. The van der Waals surface area contributed by atoms with Crippen molar-refractivity contribution >= 4 is 5.91 Å². The van der Waals surface area contributed by atoms with Crippen molar-refractivity contribution in [2.45, 2.75) is 19.9 Å². The van der Waals surface area contributed by atoms with Crippen LogP contribution in [-0.4, -0.2) is 32.2 Å². The van der Waals surface area contributed by atoms with Crippen LogP contribution < -0.4 is 20.1 Å². The van der Waals surface area contributed by atoms with Gasteiger partial charge >= 0.3 is 0 Å². The standard InChI is InChI=1S/C18H24N2O4/c1-3-22-15-6-8-16(9-7-15)23-12-10-19-18(21)13-20-14(2)17-5-4-11-24-17/h4-9,11,14,20H,3,10,12-13H2,1-2H3,(H,19,21)/t14-/m1/s1. The van der Waals surface area contributed by atoms with Gasteiger partial charge in [0.15, 0.2) is 0 Å². The van der Waals surface area contributed by atoms with Crippen molar-refractivity contribution in [3.8, 4) is 11.5 Å². The summed E-state index contributed by atoms with van der Waals surface area (Å²) in [5.74, 6) is 2.29. The Bertz CT molecular complexity index is 596. The van der Waals surface area contributed by atoms with E-state index >= 15 is 0 Å². The molecule has 1 atom stereocenters. The normalized spacial score (nSPS) is 11.8. The van der Waals surface area contributed by atoms with Crippen molar-refractivity contribution in [2.75, 3.05) is 26.3 Å². The molecule has 130 valence electrons. The first kappa shape index (κ1) is 17.9. The van der Waals surface area contributed by atoms with Gasteiger partial charge in [0.1, 0.15) is 23.9 Å². The minimum absolute atomic E-state index is 0.00847. The van der Waals surface area contributed by atoms with Gasteiger partial charge in [-0.05, 0) is 50.2 Å². The van der Waals surface area contributed by atoms with E-state index in [1.807, 2.05) is 50.2 Å². The lowest BCUT2D eigenvalue weighted by molar-refractivity contribution is -0.120. The molecule has 0 unspecified atom stereocenters. The van der Waals surface area contributed by atoms with E-state index in [1.54, 1.807) is 6.26 Å². The molecular formula is C18H24N2O4. The SMILES string of the molecule is CCOc1ccc(OCCNC(=O)CN[C@H](C)c2ccco2)cc1. The summed E-state index contributed by atoms with van der Waals surface area (Å²) in [6, 6.07) is 11.1. The molecule has 2 rings (SSSR count). The summed E-state index contributed by atoms with van der Waals surface area (Å²) in [5.41, 5.74) is 0. The minimum atomic E-state index is -0.0799. The van der Waals surface area contributed by atoms with Gasteiger partial charge in [-0.25, -0.2) is 0 Å². The summed E-state index contributed by atoms with van der Waals surface area (Å²) in [4.78, 5) is 11.8. The highest BCUT2D eigenvalue weighted by Crippen LogP contribution is 2.17. The maximum absolute atomic E-state index is 11.8. The Morgan fingerprint density at radius 3 is 2.50 bits per heavy atom. The summed E-state index contributed by atoms with van der Waals surface area (Å²) < 4.78 is 16.2. The Morgan fingerprint density at radius 1 is 1.17 bits per heavy atom. The molecular weight excluding hydrogens is 308 g/mol. The van der Waals surface area contributed by atoms with Crippen molar-refractivity contribution < 1.29 is 18.7 Å². The van der Waals surface area contributed by atoms with E-state index in [2.05, 4.69) is 10.6 Å². The lowest BCUT2D eigenvalue weighted by Gasteiger charge is -2.12. The van der Waals surface area contributed by atoms with Crippen LogP contribution in [0.4, 0.5) is 0 Å². The van der Waals surface area contributed by atoms with E-state index in [0.717, 1.165) is 17.3 Å². The summed E-state index contributed by atoms with van der Waals surface area (Å²) in [6.07, 6.45) is 1.62. The highest BCUT2D eigenvalue weighted by atomic mass is 16.5. The van der Waals surface area contributed by atoms with E-state index in [4.69, 9.17) is 13.9 Å². The maximum atomic E-state index is 11.8. The zero-order valence-electron chi connectivity index (χ0n) is 14.1. The number of ether oxygens (including phenoxy) is 2. The lowest BCUT2D eigenvalue weighted by Crippen LogP contribution is -2.36. The van der Waals surface area contributed by atoms with E-state index in [9.17, 15) is 4.79 Å². The van der Waals surface area contributed by atoms with Crippen LogP contribution in [0.25, 0.3) is 0 Å². The zero-order valence-corrected chi connectivity index (χ0v) is 14.1. The van der Waals surface area contributed by atoms with Crippen LogP contribution in [0.3, 0.4) is 0 Å². The minimum Gasteiger partial charge on any atom is -0.494 e. The van der Waals surface area contributed by atoms with Crippen LogP contribution in [0.2, 0.25) is 0 Å². The number of rotatable bonds is 10. The van der Waals surface area contributed by atoms with Crippen LogP contribution in [0.5, 0.6) is 11.5 Å². The number of hydrogen-bond donors (Lipinski definition) is 2.